The summed E-state index contributed by atoms with van der Waals surface area (Å²) in [4.78, 5) is 14.2. The fourth-order valence-corrected chi connectivity index (χ4v) is 2.81. The van der Waals surface area contributed by atoms with E-state index < -0.39 is 0 Å². The van der Waals surface area contributed by atoms with E-state index >= 15 is 0 Å². The van der Waals surface area contributed by atoms with Crippen LogP contribution in [0.3, 0.4) is 0 Å². The summed E-state index contributed by atoms with van der Waals surface area (Å²) in [7, 11) is 1.71. The van der Waals surface area contributed by atoms with Gasteiger partial charge in [-0.1, -0.05) is 0 Å². The summed E-state index contributed by atoms with van der Waals surface area (Å²) in [5.74, 6) is 0.287. The number of amides is 1. The van der Waals surface area contributed by atoms with Crippen LogP contribution in [-0.4, -0.2) is 62.9 Å². The van der Waals surface area contributed by atoms with Crippen molar-refractivity contribution in [2.45, 2.75) is 44.2 Å². The van der Waals surface area contributed by atoms with Gasteiger partial charge in [-0.05, 0) is 38.6 Å². The predicted octanol–water partition coefficient (Wildman–Crippen LogP) is 0.783. The van der Waals surface area contributed by atoms with Gasteiger partial charge in [-0.2, -0.15) is 0 Å². The summed E-state index contributed by atoms with van der Waals surface area (Å²) in [5.41, 5.74) is 0. The van der Waals surface area contributed by atoms with Gasteiger partial charge in [0.2, 0.25) is 5.91 Å². The van der Waals surface area contributed by atoms with Crippen LogP contribution in [0.4, 0.5) is 0 Å². The molecule has 0 spiro atoms. The Labute approximate surface area is 115 Å². The summed E-state index contributed by atoms with van der Waals surface area (Å²) >= 11 is 0. The molecule has 19 heavy (non-hydrogen) atoms. The topological polar surface area (TPSA) is 50.8 Å². The monoisotopic (exact) mass is 270 g/mol. The second-order valence-corrected chi connectivity index (χ2v) is 5.39. The van der Waals surface area contributed by atoms with Crippen LogP contribution >= 0.6 is 0 Å². The molecule has 1 atom stereocenters. The number of carbonyl (C=O) groups excluding carboxylic acids is 1. The highest BCUT2D eigenvalue weighted by molar-refractivity contribution is 5.82. The lowest BCUT2D eigenvalue weighted by Gasteiger charge is -2.33. The first-order chi connectivity index (χ1) is 9.31. The van der Waals surface area contributed by atoms with Crippen LogP contribution in [0, 0.1) is 0 Å². The Hall–Kier alpha value is -0.650. The Balaban J connectivity index is 1.63. The molecule has 0 saturated carbocycles. The molecule has 0 radical (unpaired) electrons. The molecule has 0 aromatic heterocycles. The minimum Gasteiger partial charge on any atom is -0.385 e. The minimum absolute atomic E-state index is 0.0687. The smallest absolute Gasteiger partial charge is 0.239 e. The first kappa shape index (κ1) is 14.8. The van der Waals surface area contributed by atoms with Crippen molar-refractivity contribution in [3.05, 3.63) is 0 Å². The zero-order chi connectivity index (χ0) is 13.5. The summed E-state index contributed by atoms with van der Waals surface area (Å²) in [6.45, 7) is 4.18. The second-order valence-electron chi connectivity index (χ2n) is 5.39. The molecule has 0 aromatic carbocycles. The van der Waals surface area contributed by atoms with E-state index in [1.54, 1.807) is 7.11 Å². The maximum atomic E-state index is 12.2. The number of ether oxygens (including phenoxy) is 2. The largest absolute Gasteiger partial charge is 0.385 e. The van der Waals surface area contributed by atoms with E-state index in [4.69, 9.17) is 9.47 Å². The van der Waals surface area contributed by atoms with Crippen LogP contribution < -0.4 is 5.32 Å². The molecule has 2 aliphatic heterocycles. The maximum Gasteiger partial charge on any atom is 0.239 e. The van der Waals surface area contributed by atoms with Crippen molar-refractivity contribution in [3.63, 3.8) is 0 Å². The summed E-state index contributed by atoms with van der Waals surface area (Å²) in [6.07, 6.45) is 5.30. The van der Waals surface area contributed by atoms with Crippen LogP contribution in [0.2, 0.25) is 0 Å². The molecule has 2 aliphatic rings. The summed E-state index contributed by atoms with van der Waals surface area (Å²) < 4.78 is 10.8. The average Bonchev–Trinajstić information content (AvgIpc) is 2.98. The van der Waals surface area contributed by atoms with Crippen LogP contribution in [0.1, 0.15) is 32.1 Å². The van der Waals surface area contributed by atoms with E-state index in [1.807, 2.05) is 4.90 Å². The number of nitrogens with zero attached hydrogens (tertiary/aromatic N) is 1. The highest BCUT2D eigenvalue weighted by atomic mass is 16.5. The Bertz CT molecular complexity index is 272. The van der Waals surface area contributed by atoms with Gasteiger partial charge in [0.25, 0.3) is 0 Å². The quantitative estimate of drug-likeness (QED) is 0.725. The molecular weight excluding hydrogens is 244 g/mol. The van der Waals surface area contributed by atoms with E-state index in [0.29, 0.717) is 6.10 Å². The molecule has 2 fully saturated rings. The number of hydrogen-bond donors (Lipinski definition) is 1. The lowest BCUT2D eigenvalue weighted by atomic mass is 10.1. The van der Waals surface area contributed by atoms with Crippen molar-refractivity contribution in [3.8, 4) is 0 Å². The summed E-state index contributed by atoms with van der Waals surface area (Å²) in [5, 5.41) is 3.28. The molecule has 1 unspecified atom stereocenters. The number of nitrogens with one attached hydrogen (secondary N) is 1. The first-order valence-electron chi connectivity index (χ1n) is 7.44. The van der Waals surface area contributed by atoms with Gasteiger partial charge in [0.1, 0.15) is 0 Å². The molecule has 1 amide bonds. The van der Waals surface area contributed by atoms with E-state index in [0.717, 1.165) is 65.0 Å². The molecule has 2 saturated heterocycles. The lowest BCUT2D eigenvalue weighted by Crippen LogP contribution is -2.48. The number of rotatable bonds is 6. The van der Waals surface area contributed by atoms with Gasteiger partial charge in [-0.25, -0.2) is 0 Å². The van der Waals surface area contributed by atoms with Gasteiger partial charge in [-0.15, -0.1) is 0 Å². The van der Waals surface area contributed by atoms with E-state index in [1.165, 1.54) is 0 Å². The third-order valence-corrected chi connectivity index (χ3v) is 3.96. The van der Waals surface area contributed by atoms with Crippen molar-refractivity contribution in [2.24, 2.45) is 0 Å². The van der Waals surface area contributed by atoms with Gasteiger partial charge >= 0.3 is 0 Å². The molecule has 0 bridgehead atoms. The third kappa shape index (κ3) is 4.44. The number of methoxy groups -OCH3 is 1. The van der Waals surface area contributed by atoms with Gasteiger partial charge in [0.05, 0.1) is 12.1 Å². The zero-order valence-corrected chi connectivity index (χ0v) is 11.9. The average molecular weight is 270 g/mol. The van der Waals surface area contributed by atoms with Gasteiger partial charge in [0, 0.05) is 33.4 Å². The van der Waals surface area contributed by atoms with Crippen LogP contribution in [0.15, 0.2) is 0 Å². The number of hydrogen-bond acceptors (Lipinski definition) is 4. The Morgan fingerprint density at radius 2 is 2.05 bits per heavy atom. The Morgan fingerprint density at radius 1 is 1.26 bits per heavy atom. The molecular formula is C14H26N2O3. The fourth-order valence-electron chi connectivity index (χ4n) is 2.81. The molecule has 5 heteroatoms. The van der Waals surface area contributed by atoms with Crippen molar-refractivity contribution in [2.75, 3.05) is 40.0 Å². The number of piperidine rings is 1. The van der Waals surface area contributed by atoms with Gasteiger partial charge in [-0.3, -0.25) is 4.79 Å². The molecule has 2 heterocycles. The molecule has 5 nitrogen and oxygen atoms in total. The summed E-state index contributed by atoms with van der Waals surface area (Å²) in [6, 6.07) is 0.0687. The molecule has 1 N–H and O–H groups in total. The van der Waals surface area contributed by atoms with Crippen molar-refractivity contribution in [1.29, 1.82) is 0 Å². The zero-order valence-electron chi connectivity index (χ0n) is 11.9. The second kappa shape index (κ2) is 7.82. The van der Waals surface area contributed by atoms with Crippen LogP contribution in [0.25, 0.3) is 0 Å². The van der Waals surface area contributed by atoms with Gasteiger partial charge in [0.15, 0.2) is 0 Å². The normalized spacial score (nSPS) is 24.9. The van der Waals surface area contributed by atoms with E-state index in [9.17, 15) is 4.79 Å². The maximum absolute atomic E-state index is 12.2. The molecule has 0 aliphatic carbocycles. The molecule has 110 valence electrons. The predicted molar refractivity (Wildman–Crippen MR) is 73.1 cm³/mol. The Morgan fingerprint density at radius 3 is 2.68 bits per heavy atom. The van der Waals surface area contributed by atoms with E-state index in [2.05, 4.69) is 5.32 Å². The standard InChI is InChI=1S/C14H26N2O3/c1-18-10-3-11-19-12-5-8-16(9-6-12)14(17)13-4-2-7-15-13/h12-13,15H,2-11H2,1H3. The lowest BCUT2D eigenvalue weighted by molar-refractivity contribution is -0.135. The number of likely N-dealkylation sites (tertiary alicyclic amines) is 1. The van der Waals surface area contributed by atoms with Crippen LogP contribution in [0.5, 0.6) is 0 Å². The Kier molecular flexibility index (Phi) is 6.07. The molecule has 0 aromatic rings. The van der Waals surface area contributed by atoms with Crippen molar-refractivity contribution in [1.82, 2.24) is 10.2 Å². The minimum atomic E-state index is 0.0687. The SMILES string of the molecule is COCCCOC1CCN(C(=O)C2CCCN2)CC1. The van der Waals surface area contributed by atoms with E-state index in [-0.39, 0.29) is 11.9 Å². The molecule has 2 rings (SSSR count). The van der Waals surface area contributed by atoms with Crippen molar-refractivity contribution < 1.29 is 14.3 Å². The van der Waals surface area contributed by atoms with Crippen LogP contribution in [-0.2, 0) is 14.3 Å². The highest BCUT2D eigenvalue weighted by Crippen LogP contribution is 2.17. The van der Waals surface area contributed by atoms with Gasteiger partial charge < -0.3 is 19.7 Å². The first-order valence-corrected chi connectivity index (χ1v) is 7.44. The van der Waals surface area contributed by atoms with Crippen molar-refractivity contribution >= 4 is 5.91 Å². The highest BCUT2D eigenvalue weighted by Gasteiger charge is 2.29. The number of carbonyl (C=O) groups is 1. The fraction of sp³-hybridized carbons (Fsp3) is 0.929. The third-order valence-electron chi connectivity index (χ3n) is 3.96.